The van der Waals surface area contributed by atoms with Crippen molar-refractivity contribution in [2.75, 3.05) is 5.32 Å². The number of amides is 1. The van der Waals surface area contributed by atoms with E-state index in [2.05, 4.69) is 15.3 Å². The zero-order valence-electron chi connectivity index (χ0n) is 15.0. The van der Waals surface area contributed by atoms with Gasteiger partial charge in [0, 0.05) is 18.0 Å². The molecule has 0 saturated heterocycles. The van der Waals surface area contributed by atoms with E-state index < -0.39 is 5.92 Å². The molecule has 0 aliphatic carbocycles. The molecule has 7 heteroatoms. The van der Waals surface area contributed by atoms with E-state index in [1.54, 1.807) is 18.5 Å². The van der Waals surface area contributed by atoms with Crippen LogP contribution >= 0.6 is 34.5 Å². The first kappa shape index (κ1) is 19.6. The molecule has 0 radical (unpaired) electrons. The van der Waals surface area contributed by atoms with Gasteiger partial charge in [0.15, 0.2) is 5.13 Å². The Bertz CT molecular complexity index is 1090. The highest BCUT2D eigenvalue weighted by molar-refractivity contribution is 7.19. The first-order valence-corrected chi connectivity index (χ1v) is 10.4. The molecule has 2 heterocycles. The fraction of sp³-hybridized carbons (Fsp3) is 0.0455. The fourth-order valence-electron chi connectivity index (χ4n) is 2.99. The second-order valence-corrected chi connectivity index (χ2v) is 8.07. The molecule has 0 aliphatic heterocycles. The summed E-state index contributed by atoms with van der Waals surface area (Å²) >= 11 is 13.3. The van der Waals surface area contributed by atoms with Crippen molar-refractivity contribution < 1.29 is 4.79 Å². The largest absolute Gasteiger partial charge is 0.301 e. The van der Waals surface area contributed by atoms with Crippen molar-refractivity contribution in [3.8, 4) is 10.4 Å². The smallest absolute Gasteiger partial charge is 0.238 e. The predicted molar refractivity (Wildman–Crippen MR) is 119 cm³/mol. The van der Waals surface area contributed by atoms with Crippen LogP contribution in [0.4, 0.5) is 5.13 Å². The highest BCUT2D eigenvalue weighted by Gasteiger charge is 2.23. The Morgan fingerprint density at radius 1 is 0.897 bits per heavy atom. The molecule has 1 N–H and O–H groups in total. The number of hydrogen-bond donors (Lipinski definition) is 1. The first-order chi connectivity index (χ1) is 14.1. The molecule has 0 atom stereocenters. The number of carbonyl (C=O) groups is 1. The summed E-state index contributed by atoms with van der Waals surface area (Å²) in [5, 5.41) is 4.08. The summed E-state index contributed by atoms with van der Waals surface area (Å²) in [6, 6.07) is 21.1. The van der Waals surface area contributed by atoms with Gasteiger partial charge in [0.05, 0.1) is 15.8 Å². The van der Waals surface area contributed by atoms with Crippen molar-refractivity contribution in [1.29, 1.82) is 0 Å². The van der Waals surface area contributed by atoms with Crippen LogP contribution in [0.3, 0.4) is 0 Å². The molecule has 1 amide bonds. The Morgan fingerprint density at radius 2 is 1.52 bits per heavy atom. The summed E-state index contributed by atoms with van der Waals surface area (Å²) < 4.78 is 0. The molecular weight excluding hydrogens is 425 g/mol. The second kappa shape index (κ2) is 8.74. The number of nitrogens with one attached hydrogen (secondary N) is 1. The van der Waals surface area contributed by atoms with Gasteiger partial charge in [0.25, 0.3) is 0 Å². The Kier molecular flexibility index (Phi) is 5.90. The number of rotatable bonds is 5. The van der Waals surface area contributed by atoms with E-state index in [1.165, 1.54) is 11.3 Å². The van der Waals surface area contributed by atoms with Crippen molar-refractivity contribution in [2.45, 2.75) is 5.92 Å². The molecular formula is C22H15Cl2N3OS. The molecule has 0 bridgehead atoms. The third kappa shape index (κ3) is 4.48. The molecule has 2 aromatic heterocycles. The van der Waals surface area contributed by atoms with Crippen LogP contribution in [0.5, 0.6) is 0 Å². The molecule has 0 aliphatic rings. The fourth-order valence-corrected chi connectivity index (χ4v) is 4.05. The summed E-state index contributed by atoms with van der Waals surface area (Å²) in [4.78, 5) is 22.4. The molecule has 0 saturated carbocycles. The van der Waals surface area contributed by atoms with Gasteiger partial charge in [-0.2, -0.15) is 0 Å². The Hall–Kier alpha value is -2.73. The van der Waals surface area contributed by atoms with Crippen LogP contribution in [0, 0.1) is 0 Å². The maximum absolute atomic E-state index is 13.2. The minimum atomic E-state index is -0.434. The number of hydrogen-bond acceptors (Lipinski definition) is 4. The summed E-state index contributed by atoms with van der Waals surface area (Å²) in [6.07, 6.45) is 3.31. The number of carbonyl (C=O) groups excluding carboxylic acids is 1. The van der Waals surface area contributed by atoms with E-state index in [-0.39, 0.29) is 11.1 Å². The average Bonchev–Trinajstić information content (AvgIpc) is 3.20. The lowest BCUT2D eigenvalue weighted by atomic mass is 9.90. The van der Waals surface area contributed by atoms with Gasteiger partial charge >= 0.3 is 0 Å². The summed E-state index contributed by atoms with van der Waals surface area (Å²) in [6.45, 7) is 0. The maximum atomic E-state index is 13.2. The van der Waals surface area contributed by atoms with Crippen LogP contribution in [0.25, 0.3) is 10.4 Å². The van der Waals surface area contributed by atoms with Gasteiger partial charge in [-0.05, 0) is 17.2 Å². The minimum absolute atomic E-state index is 0.143. The molecule has 144 valence electrons. The van der Waals surface area contributed by atoms with E-state index in [0.717, 1.165) is 21.6 Å². The van der Waals surface area contributed by atoms with Crippen LogP contribution in [-0.4, -0.2) is 15.9 Å². The number of thiazole rings is 1. The molecule has 2 aromatic carbocycles. The van der Waals surface area contributed by atoms with Crippen molar-refractivity contribution in [1.82, 2.24) is 9.97 Å². The molecule has 0 spiro atoms. The SMILES string of the molecule is O=C(Nc1ncc(-c2cnc(Cl)c(Cl)c2)s1)C(c1ccccc1)c1ccccc1. The lowest BCUT2D eigenvalue weighted by Gasteiger charge is -2.17. The number of nitrogens with zero attached hydrogens (tertiary/aromatic N) is 2. The van der Waals surface area contributed by atoms with Gasteiger partial charge in [0.2, 0.25) is 5.91 Å². The normalized spacial score (nSPS) is 10.9. The second-order valence-electron chi connectivity index (χ2n) is 6.27. The van der Waals surface area contributed by atoms with E-state index >= 15 is 0 Å². The zero-order chi connectivity index (χ0) is 20.2. The number of aromatic nitrogens is 2. The minimum Gasteiger partial charge on any atom is -0.301 e. The van der Waals surface area contributed by atoms with E-state index in [4.69, 9.17) is 23.2 Å². The molecule has 0 unspecified atom stereocenters. The topological polar surface area (TPSA) is 54.9 Å². The monoisotopic (exact) mass is 439 g/mol. The lowest BCUT2D eigenvalue weighted by Crippen LogP contribution is -2.22. The van der Waals surface area contributed by atoms with E-state index in [1.807, 2.05) is 60.7 Å². The standard InChI is InChI=1S/C22H15Cl2N3OS/c23-17-11-16(12-25-20(17)24)18-13-26-22(29-18)27-21(28)19(14-7-3-1-4-8-14)15-9-5-2-6-10-15/h1-13,19H,(H,26,27,28). The molecule has 4 aromatic rings. The lowest BCUT2D eigenvalue weighted by molar-refractivity contribution is -0.116. The van der Waals surface area contributed by atoms with Crippen LogP contribution < -0.4 is 5.32 Å². The Morgan fingerprint density at radius 3 is 2.10 bits per heavy atom. The summed E-state index contributed by atoms with van der Waals surface area (Å²) in [5.41, 5.74) is 2.63. The first-order valence-electron chi connectivity index (χ1n) is 8.80. The van der Waals surface area contributed by atoms with Crippen LogP contribution in [0.1, 0.15) is 17.0 Å². The van der Waals surface area contributed by atoms with Crippen LogP contribution in [-0.2, 0) is 4.79 Å². The van der Waals surface area contributed by atoms with Gasteiger partial charge in [-0.1, -0.05) is 95.2 Å². The van der Waals surface area contributed by atoms with Crippen molar-refractivity contribution in [2.24, 2.45) is 0 Å². The average molecular weight is 440 g/mol. The number of halogens is 2. The number of anilines is 1. The van der Waals surface area contributed by atoms with Crippen LogP contribution in [0.15, 0.2) is 79.1 Å². The Balaban J connectivity index is 1.60. The van der Waals surface area contributed by atoms with Crippen molar-refractivity contribution >= 4 is 45.6 Å². The van der Waals surface area contributed by atoms with E-state index in [9.17, 15) is 4.79 Å². The molecule has 29 heavy (non-hydrogen) atoms. The summed E-state index contributed by atoms with van der Waals surface area (Å²) in [5.74, 6) is -0.577. The quantitative estimate of drug-likeness (QED) is 0.372. The molecule has 0 fully saturated rings. The van der Waals surface area contributed by atoms with Crippen molar-refractivity contribution in [3.63, 3.8) is 0 Å². The zero-order valence-corrected chi connectivity index (χ0v) is 17.4. The highest BCUT2D eigenvalue weighted by atomic mass is 35.5. The van der Waals surface area contributed by atoms with Gasteiger partial charge in [-0.15, -0.1) is 0 Å². The Labute approximate surface area is 182 Å². The van der Waals surface area contributed by atoms with Gasteiger partial charge in [-0.25, -0.2) is 9.97 Å². The van der Waals surface area contributed by atoms with Gasteiger partial charge in [-0.3, -0.25) is 4.79 Å². The predicted octanol–water partition coefficient (Wildman–Crippen LogP) is 6.28. The van der Waals surface area contributed by atoms with Crippen LogP contribution in [0.2, 0.25) is 10.2 Å². The van der Waals surface area contributed by atoms with E-state index in [0.29, 0.717) is 10.2 Å². The summed E-state index contributed by atoms with van der Waals surface area (Å²) in [7, 11) is 0. The highest BCUT2D eigenvalue weighted by Crippen LogP contribution is 2.33. The third-order valence-electron chi connectivity index (χ3n) is 4.34. The van der Waals surface area contributed by atoms with Gasteiger partial charge in [0.1, 0.15) is 5.15 Å². The van der Waals surface area contributed by atoms with Crippen molar-refractivity contribution in [3.05, 3.63) is 100 Å². The molecule has 4 rings (SSSR count). The number of benzene rings is 2. The number of pyridine rings is 1. The molecule has 4 nitrogen and oxygen atoms in total. The maximum Gasteiger partial charge on any atom is 0.238 e. The third-order valence-corrected chi connectivity index (χ3v) is 5.99. The van der Waals surface area contributed by atoms with Gasteiger partial charge < -0.3 is 5.32 Å².